The number of allylic oxidation sites excluding steroid dienone is 2. The number of ether oxygens (including phenoxy) is 1. The maximum absolute atomic E-state index is 12.9. The number of hydrogen-bond donors (Lipinski definition) is 4. The van der Waals surface area contributed by atoms with Gasteiger partial charge in [-0.15, -0.1) is 0 Å². The smallest absolute Gasteiger partial charge is 0.269 e. The van der Waals surface area contributed by atoms with E-state index in [0.29, 0.717) is 51.3 Å². The number of amides is 2. The van der Waals surface area contributed by atoms with Crippen LogP contribution in [0.1, 0.15) is 36.1 Å². The monoisotopic (exact) mass is 560 g/mol. The van der Waals surface area contributed by atoms with Crippen molar-refractivity contribution >= 4 is 63.6 Å². The van der Waals surface area contributed by atoms with E-state index < -0.39 is 11.8 Å². The Morgan fingerprint density at radius 1 is 1.07 bits per heavy atom. The van der Waals surface area contributed by atoms with E-state index in [1.807, 2.05) is 6.08 Å². The summed E-state index contributed by atoms with van der Waals surface area (Å²) in [5, 5.41) is 13.5. The van der Waals surface area contributed by atoms with Crippen molar-refractivity contribution in [3.8, 4) is 11.5 Å². The summed E-state index contributed by atoms with van der Waals surface area (Å²) in [5.74, 6) is -0.515. The van der Waals surface area contributed by atoms with Crippen molar-refractivity contribution in [3.05, 3.63) is 64.2 Å². The van der Waals surface area contributed by atoms with Crippen molar-refractivity contribution in [3.63, 3.8) is 0 Å². The second kappa shape index (κ2) is 10.5. The number of fused-ring (bicyclic) bond motifs is 2. The van der Waals surface area contributed by atoms with E-state index >= 15 is 0 Å². The van der Waals surface area contributed by atoms with Gasteiger partial charge in [-0.05, 0) is 48.8 Å². The number of aldehydes is 1. The number of nitrogens with one attached hydrogen (secondary N) is 1. The van der Waals surface area contributed by atoms with Crippen molar-refractivity contribution in [2.75, 3.05) is 18.2 Å². The molecule has 0 aliphatic rings. The van der Waals surface area contributed by atoms with Crippen LogP contribution in [0, 0.1) is 6.92 Å². The summed E-state index contributed by atoms with van der Waals surface area (Å²) < 4.78 is 12.9. The van der Waals surface area contributed by atoms with Gasteiger partial charge in [0.1, 0.15) is 33.7 Å². The third-order valence-electron chi connectivity index (χ3n) is 6.14. The van der Waals surface area contributed by atoms with Gasteiger partial charge in [-0.3, -0.25) is 19.7 Å². The highest BCUT2D eigenvalue weighted by Gasteiger charge is 2.20. The molecular formula is C26H24N8O5S. The second-order valence-corrected chi connectivity index (χ2v) is 9.63. The lowest BCUT2D eigenvalue weighted by Crippen LogP contribution is -2.15. The zero-order valence-electron chi connectivity index (χ0n) is 21.4. The first-order valence-corrected chi connectivity index (χ1v) is 12.7. The molecule has 0 fully saturated rings. The van der Waals surface area contributed by atoms with Gasteiger partial charge in [-0.1, -0.05) is 12.2 Å². The minimum absolute atomic E-state index is 0.0790. The molecule has 14 heteroatoms. The van der Waals surface area contributed by atoms with E-state index in [0.717, 1.165) is 11.5 Å². The number of carbonyl (C=O) groups is 3. The average Bonchev–Trinajstić information content (AvgIpc) is 3.60. The zero-order valence-corrected chi connectivity index (χ0v) is 22.2. The quantitative estimate of drug-likeness (QED) is 0.155. The van der Waals surface area contributed by atoms with Gasteiger partial charge in [0, 0.05) is 24.2 Å². The maximum atomic E-state index is 12.9. The fourth-order valence-corrected chi connectivity index (χ4v) is 4.98. The number of aromatic hydroxyl groups is 1. The third-order valence-corrected chi connectivity index (χ3v) is 7.02. The molecule has 0 unspecified atom stereocenters. The van der Waals surface area contributed by atoms with Crippen molar-refractivity contribution in [2.45, 2.75) is 20.0 Å². The van der Waals surface area contributed by atoms with Crippen molar-refractivity contribution in [1.82, 2.24) is 23.5 Å². The topological polar surface area (TPSA) is 193 Å². The van der Waals surface area contributed by atoms with Gasteiger partial charge in [0.05, 0.1) is 23.8 Å². The Morgan fingerprint density at radius 3 is 2.45 bits per heavy atom. The number of imidazole rings is 2. The summed E-state index contributed by atoms with van der Waals surface area (Å²) in [6.07, 6.45) is 4.33. The molecule has 0 aliphatic heterocycles. The number of nitrogens with two attached hydrogens (primary N) is 2. The molecule has 6 N–H and O–H groups in total. The van der Waals surface area contributed by atoms with Crippen molar-refractivity contribution in [1.29, 1.82) is 0 Å². The molecule has 0 aliphatic carbocycles. The summed E-state index contributed by atoms with van der Waals surface area (Å²) in [6.45, 7) is 2.28. The van der Waals surface area contributed by atoms with Gasteiger partial charge in [-0.25, -0.2) is 9.97 Å². The van der Waals surface area contributed by atoms with Gasteiger partial charge in [0.25, 0.3) is 5.91 Å². The fraction of sp³-hybridized carbons (Fsp3) is 0.154. The Hall–Kier alpha value is -5.24. The Balaban J connectivity index is 1.48. The average molecular weight is 561 g/mol. The van der Waals surface area contributed by atoms with Gasteiger partial charge in [-0.2, -0.15) is 4.37 Å². The summed E-state index contributed by atoms with van der Waals surface area (Å²) in [7, 11) is 1.50. The Kier molecular flexibility index (Phi) is 6.92. The molecule has 40 heavy (non-hydrogen) atoms. The van der Waals surface area contributed by atoms with E-state index in [-0.39, 0.29) is 35.3 Å². The molecule has 0 atom stereocenters. The van der Waals surface area contributed by atoms with Crippen LogP contribution < -0.4 is 21.5 Å². The highest BCUT2D eigenvalue weighted by atomic mass is 32.1. The molecule has 0 bridgehead atoms. The van der Waals surface area contributed by atoms with Crippen LogP contribution in [0.5, 0.6) is 11.5 Å². The molecule has 0 spiro atoms. The van der Waals surface area contributed by atoms with Gasteiger partial charge in [0.2, 0.25) is 17.8 Å². The lowest BCUT2D eigenvalue weighted by atomic mass is 10.1. The number of hydrogen-bond acceptors (Lipinski definition) is 10. The SMILES string of the molecule is COc1cc(C=O)cc2nc(N)n(C/C=C/Cn3c(NC(=O)c4cc(C)ns4)nc4cc(C(N)=O)cc(O)c43)c12. The second-order valence-electron chi connectivity index (χ2n) is 8.82. The molecule has 3 aromatic heterocycles. The largest absolute Gasteiger partial charge is 0.506 e. The molecule has 0 saturated carbocycles. The first-order valence-electron chi connectivity index (χ1n) is 11.9. The number of nitrogen functional groups attached to an aromatic ring is 1. The van der Waals surface area contributed by atoms with E-state index in [1.54, 1.807) is 40.3 Å². The molecule has 0 radical (unpaired) electrons. The molecule has 5 aromatic rings. The van der Waals surface area contributed by atoms with Crippen molar-refractivity contribution in [2.24, 2.45) is 5.73 Å². The number of rotatable bonds is 9. The summed E-state index contributed by atoms with van der Waals surface area (Å²) in [5.41, 5.74) is 14.5. The van der Waals surface area contributed by atoms with Crippen LogP contribution in [0.3, 0.4) is 0 Å². The maximum Gasteiger partial charge on any atom is 0.269 e. The predicted molar refractivity (Wildman–Crippen MR) is 150 cm³/mol. The lowest BCUT2D eigenvalue weighted by molar-refractivity contribution is 0.0997. The molecule has 2 aromatic carbocycles. The molecule has 204 valence electrons. The number of methoxy groups -OCH3 is 1. The summed E-state index contributed by atoms with van der Waals surface area (Å²) in [4.78, 5) is 45.0. The Bertz CT molecular complexity index is 1830. The highest BCUT2D eigenvalue weighted by Crippen LogP contribution is 2.31. The molecular weight excluding hydrogens is 536 g/mol. The molecule has 0 saturated heterocycles. The number of benzene rings is 2. The highest BCUT2D eigenvalue weighted by molar-refractivity contribution is 7.08. The van der Waals surface area contributed by atoms with E-state index in [9.17, 15) is 19.5 Å². The van der Waals surface area contributed by atoms with Gasteiger partial charge >= 0.3 is 0 Å². The number of nitrogens with zero attached hydrogens (tertiary/aromatic N) is 5. The molecule has 2 amide bonds. The van der Waals surface area contributed by atoms with Crippen LogP contribution >= 0.6 is 11.5 Å². The third kappa shape index (κ3) is 4.82. The Morgan fingerprint density at radius 2 is 1.80 bits per heavy atom. The number of primary amides is 1. The minimum atomic E-state index is -0.724. The van der Waals surface area contributed by atoms with Crippen LogP contribution in [0.25, 0.3) is 22.1 Å². The number of phenols is 1. The number of anilines is 2. The lowest BCUT2D eigenvalue weighted by Gasteiger charge is -2.09. The molecule has 3 heterocycles. The van der Waals surface area contributed by atoms with E-state index in [2.05, 4.69) is 19.7 Å². The minimum Gasteiger partial charge on any atom is -0.506 e. The number of phenolic OH excluding ortho intramolecular Hbond substituents is 1. The predicted octanol–water partition coefficient (Wildman–Crippen LogP) is 2.87. The van der Waals surface area contributed by atoms with Gasteiger partial charge in [0.15, 0.2) is 0 Å². The molecule has 13 nitrogen and oxygen atoms in total. The van der Waals surface area contributed by atoms with E-state index in [4.69, 9.17) is 16.2 Å². The fourth-order valence-electron chi connectivity index (χ4n) is 4.33. The first kappa shape index (κ1) is 26.4. The normalized spacial score (nSPS) is 11.4. The summed E-state index contributed by atoms with van der Waals surface area (Å²) >= 11 is 1.05. The standard InChI is InChI=1S/C26H24N8O5S/c1-13-7-20(40-32-13)24(38)31-26-30-17-10-15(23(27)37)11-18(36)21(17)34(26)6-4-3-5-33-22-16(29-25(33)28)8-14(12-35)9-19(22)39-2/h3-4,7-12,36H,5-6H2,1-2H3,(H2,27,37)(H2,28,29)(H,30,31,38)/b4-3+. The van der Waals surface area contributed by atoms with Gasteiger partial charge < -0.3 is 30.4 Å². The number of carbonyl (C=O) groups excluding carboxylic acids is 3. The van der Waals surface area contributed by atoms with Crippen LogP contribution in [0.2, 0.25) is 0 Å². The summed E-state index contributed by atoms with van der Waals surface area (Å²) in [6, 6.07) is 7.59. The first-order chi connectivity index (χ1) is 19.2. The number of aromatic nitrogens is 5. The van der Waals surface area contributed by atoms with Crippen LogP contribution in [0.4, 0.5) is 11.9 Å². The number of aryl methyl sites for hydroxylation is 1. The van der Waals surface area contributed by atoms with Crippen LogP contribution in [0.15, 0.2) is 42.5 Å². The van der Waals surface area contributed by atoms with Crippen LogP contribution in [-0.4, -0.2) is 53.8 Å². The van der Waals surface area contributed by atoms with Crippen molar-refractivity contribution < 1.29 is 24.2 Å². The Labute approximate surface area is 230 Å². The molecule has 5 rings (SSSR count). The van der Waals surface area contributed by atoms with E-state index in [1.165, 1.54) is 19.2 Å². The van der Waals surface area contributed by atoms with Crippen LogP contribution in [-0.2, 0) is 13.1 Å². The zero-order chi connectivity index (χ0) is 28.6.